The number of hydrogen-bond acceptors (Lipinski definition) is 5. The standard InChI is InChI=1S/C25H30N2O5S/c1-3-16(23(28)27-22(24(29)30)12-13-33-2)14-26-25(31)32-15-21-19-10-6-4-8-17(19)18-9-5-7-11-20(18)21/h4-11,16,21-22H,3,12-15H2,1-2H3,(H,26,31)(H,27,28)(H,29,30). The largest absolute Gasteiger partial charge is 0.480 e. The van der Waals surface area contributed by atoms with Crippen molar-refractivity contribution in [2.24, 2.45) is 5.92 Å². The Morgan fingerprint density at radius 2 is 1.67 bits per heavy atom. The van der Waals surface area contributed by atoms with Gasteiger partial charge in [0.1, 0.15) is 12.6 Å². The van der Waals surface area contributed by atoms with E-state index in [4.69, 9.17) is 4.74 Å². The lowest BCUT2D eigenvalue weighted by Crippen LogP contribution is -2.46. The van der Waals surface area contributed by atoms with Crippen molar-refractivity contribution in [2.75, 3.05) is 25.2 Å². The van der Waals surface area contributed by atoms with Crippen molar-refractivity contribution in [2.45, 2.75) is 31.7 Å². The highest BCUT2D eigenvalue weighted by Crippen LogP contribution is 2.44. The molecule has 1 aliphatic rings. The molecule has 3 N–H and O–H groups in total. The van der Waals surface area contributed by atoms with E-state index < -0.39 is 24.0 Å². The van der Waals surface area contributed by atoms with Gasteiger partial charge in [0.2, 0.25) is 5.91 Å². The number of alkyl carbamates (subject to hydrolysis) is 1. The van der Waals surface area contributed by atoms with E-state index in [1.165, 1.54) is 11.8 Å². The highest BCUT2D eigenvalue weighted by atomic mass is 32.2. The first-order valence-corrected chi connectivity index (χ1v) is 12.5. The fraction of sp³-hybridized carbons (Fsp3) is 0.400. The summed E-state index contributed by atoms with van der Waals surface area (Å²) in [5.74, 6) is -1.39. The number of carboxylic acids is 1. The zero-order valence-electron chi connectivity index (χ0n) is 18.9. The number of nitrogens with one attached hydrogen (secondary N) is 2. The molecule has 2 unspecified atom stereocenters. The number of ether oxygens (including phenoxy) is 1. The van der Waals surface area contributed by atoms with Crippen LogP contribution in [0.1, 0.15) is 36.8 Å². The van der Waals surface area contributed by atoms with Crippen molar-refractivity contribution < 1.29 is 24.2 Å². The lowest BCUT2D eigenvalue weighted by molar-refractivity contribution is -0.142. The average molecular weight is 471 g/mol. The van der Waals surface area contributed by atoms with Crippen molar-refractivity contribution in [1.82, 2.24) is 10.6 Å². The van der Waals surface area contributed by atoms with Crippen molar-refractivity contribution in [1.29, 1.82) is 0 Å². The summed E-state index contributed by atoms with van der Waals surface area (Å²) in [4.78, 5) is 36.3. The Bertz CT molecular complexity index is 951. The average Bonchev–Trinajstić information content (AvgIpc) is 3.14. The van der Waals surface area contributed by atoms with E-state index in [1.807, 2.05) is 37.4 Å². The van der Waals surface area contributed by atoms with Crippen LogP contribution in [0.25, 0.3) is 11.1 Å². The van der Waals surface area contributed by atoms with Crippen LogP contribution in [0.2, 0.25) is 0 Å². The van der Waals surface area contributed by atoms with Crippen LogP contribution in [0.5, 0.6) is 0 Å². The van der Waals surface area contributed by atoms with Gasteiger partial charge in [0.05, 0.1) is 5.92 Å². The first-order chi connectivity index (χ1) is 16.0. The monoisotopic (exact) mass is 470 g/mol. The number of carbonyl (C=O) groups excluding carboxylic acids is 2. The number of benzene rings is 2. The molecule has 2 amide bonds. The second-order valence-corrected chi connectivity index (χ2v) is 8.98. The van der Waals surface area contributed by atoms with E-state index in [0.717, 1.165) is 22.3 Å². The molecule has 7 nitrogen and oxygen atoms in total. The molecular formula is C25H30N2O5S. The fourth-order valence-corrected chi connectivity index (χ4v) is 4.53. The zero-order chi connectivity index (χ0) is 23.8. The lowest BCUT2D eigenvalue weighted by atomic mass is 9.98. The smallest absolute Gasteiger partial charge is 0.407 e. The predicted octanol–water partition coefficient (Wildman–Crippen LogP) is 3.87. The summed E-state index contributed by atoms with van der Waals surface area (Å²) in [6, 6.07) is 15.3. The number of fused-ring (bicyclic) bond motifs is 3. The minimum absolute atomic E-state index is 0.0406. The number of hydrogen-bond donors (Lipinski definition) is 3. The Labute approximate surface area is 198 Å². The van der Waals surface area contributed by atoms with Crippen LogP contribution in [0.4, 0.5) is 4.79 Å². The second-order valence-electron chi connectivity index (χ2n) is 7.99. The molecule has 0 fully saturated rings. The zero-order valence-corrected chi connectivity index (χ0v) is 19.7. The molecule has 0 aliphatic heterocycles. The van der Waals surface area contributed by atoms with Gasteiger partial charge in [0, 0.05) is 12.5 Å². The maximum absolute atomic E-state index is 12.5. The van der Waals surface area contributed by atoms with Gasteiger partial charge < -0.3 is 20.5 Å². The van der Waals surface area contributed by atoms with Crippen LogP contribution < -0.4 is 10.6 Å². The van der Waals surface area contributed by atoms with Crippen molar-refractivity contribution in [3.8, 4) is 11.1 Å². The first-order valence-electron chi connectivity index (χ1n) is 11.1. The maximum Gasteiger partial charge on any atom is 0.407 e. The Hall–Kier alpha value is -3.00. The van der Waals surface area contributed by atoms with Crippen LogP contribution in [0, 0.1) is 5.92 Å². The SMILES string of the molecule is CCC(CNC(=O)OCC1c2ccccc2-c2ccccc21)C(=O)NC(CCSC)C(=O)O. The molecule has 0 heterocycles. The number of amides is 2. The van der Waals surface area contributed by atoms with Crippen LogP contribution in [-0.4, -0.2) is 54.3 Å². The number of carbonyl (C=O) groups is 3. The van der Waals surface area contributed by atoms with Crippen LogP contribution >= 0.6 is 11.8 Å². The minimum atomic E-state index is -1.06. The molecule has 33 heavy (non-hydrogen) atoms. The van der Waals surface area contributed by atoms with E-state index >= 15 is 0 Å². The summed E-state index contributed by atoms with van der Waals surface area (Å²) in [6.45, 7) is 2.09. The first kappa shape index (κ1) is 24.6. The van der Waals surface area contributed by atoms with E-state index in [-0.39, 0.29) is 25.0 Å². The van der Waals surface area contributed by atoms with Crippen molar-refractivity contribution >= 4 is 29.7 Å². The van der Waals surface area contributed by atoms with Crippen LogP contribution in [0.3, 0.4) is 0 Å². The third-order valence-electron chi connectivity index (χ3n) is 5.93. The van der Waals surface area contributed by atoms with Gasteiger partial charge in [0.15, 0.2) is 0 Å². The molecule has 3 rings (SSSR count). The molecule has 0 bridgehead atoms. The molecule has 8 heteroatoms. The molecular weight excluding hydrogens is 440 g/mol. The Morgan fingerprint density at radius 3 is 2.21 bits per heavy atom. The maximum atomic E-state index is 12.5. The molecule has 0 saturated heterocycles. The molecule has 0 radical (unpaired) electrons. The van der Waals surface area contributed by atoms with Crippen molar-refractivity contribution in [3.63, 3.8) is 0 Å². The number of carboxylic acid groups (broad SMARTS) is 1. The topological polar surface area (TPSA) is 105 Å². The minimum Gasteiger partial charge on any atom is -0.480 e. The Kier molecular flexibility index (Phi) is 8.77. The molecule has 1 aliphatic carbocycles. The third-order valence-corrected chi connectivity index (χ3v) is 6.57. The van der Waals surface area contributed by atoms with Gasteiger partial charge in [-0.05, 0) is 47.1 Å². The number of rotatable bonds is 11. The summed E-state index contributed by atoms with van der Waals surface area (Å²) < 4.78 is 5.51. The lowest BCUT2D eigenvalue weighted by Gasteiger charge is -2.20. The van der Waals surface area contributed by atoms with E-state index in [0.29, 0.717) is 18.6 Å². The van der Waals surface area contributed by atoms with Crippen molar-refractivity contribution in [3.05, 3.63) is 59.7 Å². The highest BCUT2D eigenvalue weighted by Gasteiger charge is 2.29. The Balaban J connectivity index is 1.53. The van der Waals surface area contributed by atoms with E-state index in [9.17, 15) is 19.5 Å². The summed E-state index contributed by atoms with van der Waals surface area (Å²) in [7, 11) is 0. The summed E-state index contributed by atoms with van der Waals surface area (Å²) >= 11 is 1.52. The quantitative estimate of drug-likeness (QED) is 0.460. The van der Waals surface area contributed by atoms with Gasteiger partial charge in [-0.2, -0.15) is 11.8 Å². The number of thioether (sulfide) groups is 1. The predicted molar refractivity (Wildman–Crippen MR) is 129 cm³/mol. The Morgan fingerprint density at radius 1 is 1.06 bits per heavy atom. The molecule has 0 aromatic heterocycles. The van der Waals surface area contributed by atoms with E-state index in [2.05, 4.69) is 34.9 Å². The second kappa shape index (κ2) is 11.7. The molecule has 0 saturated carbocycles. The van der Waals surface area contributed by atoms with Gasteiger partial charge in [-0.1, -0.05) is 55.5 Å². The molecule has 2 aromatic carbocycles. The van der Waals surface area contributed by atoms with Gasteiger partial charge in [-0.3, -0.25) is 4.79 Å². The molecule has 0 spiro atoms. The van der Waals surface area contributed by atoms with Gasteiger partial charge >= 0.3 is 12.1 Å². The summed E-state index contributed by atoms with van der Waals surface area (Å²) in [5, 5.41) is 14.6. The molecule has 2 atom stereocenters. The highest BCUT2D eigenvalue weighted by molar-refractivity contribution is 7.98. The summed E-state index contributed by atoms with van der Waals surface area (Å²) in [6.07, 6.45) is 2.09. The third kappa shape index (κ3) is 6.07. The molecule has 176 valence electrons. The number of aliphatic carboxylic acids is 1. The summed E-state index contributed by atoms with van der Waals surface area (Å²) in [5.41, 5.74) is 4.56. The van der Waals surface area contributed by atoms with Crippen LogP contribution in [-0.2, 0) is 14.3 Å². The van der Waals surface area contributed by atoms with E-state index in [1.54, 1.807) is 0 Å². The fourth-order valence-electron chi connectivity index (χ4n) is 4.06. The van der Waals surface area contributed by atoms with Gasteiger partial charge in [0.25, 0.3) is 0 Å². The normalized spacial score (nSPS) is 14.0. The van der Waals surface area contributed by atoms with Gasteiger partial charge in [-0.15, -0.1) is 0 Å². The van der Waals surface area contributed by atoms with Gasteiger partial charge in [-0.25, -0.2) is 9.59 Å². The van der Waals surface area contributed by atoms with Crippen LogP contribution in [0.15, 0.2) is 48.5 Å². The molecule has 2 aromatic rings.